The molecule has 1 atom stereocenters. The molecule has 0 saturated heterocycles. The molecular weight excluding hydrogens is 305 g/mol. The van der Waals surface area contributed by atoms with Gasteiger partial charge in [-0.3, -0.25) is 4.03 Å². The van der Waals surface area contributed by atoms with E-state index >= 15 is 0 Å². The lowest BCUT2D eigenvalue weighted by Crippen LogP contribution is -2.35. The molecule has 0 saturated carbocycles. The van der Waals surface area contributed by atoms with E-state index in [0.717, 1.165) is 0 Å². The van der Waals surface area contributed by atoms with Crippen LogP contribution in [-0.4, -0.2) is 12.4 Å². The Morgan fingerprint density at radius 2 is 1.61 bits per heavy atom. The van der Waals surface area contributed by atoms with Gasteiger partial charge in [-0.25, -0.2) is 4.21 Å². The lowest BCUT2D eigenvalue weighted by molar-refractivity contribution is 0.683. The number of rotatable bonds is 2. The average Bonchev–Trinajstić information content (AvgIpc) is 2.14. The predicted molar refractivity (Wildman–Crippen MR) is 83.3 cm³/mol. The molecule has 0 aliphatic heterocycles. The largest absolute Gasteiger partial charge is 0.261 e. The highest BCUT2D eigenvalue weighted by Crippen LogP contribution is 2.39. The Hall–Kier alpha value is -0.0331. The Balaban J connectivity index is 3.30. The van der Waals surface area contributed by atoms with Gasteiger partial charge in [0, 0.05) is 15.7 Å². The fraction of sp³-hybridized carbons (Fsp3) is 0.500. The van der Waals surface area contributed by atoms with Crippen molar-refractivity contribution in [1.82, 2.24) is 0 Å². The summed E-state index contributed by atoms with van der Waals surface area (Å²) in [6.45, 7) is 10.5. The molecule has 1 rings (SSSR count). The molecule has 0 bridgehead atoms. The van der Waals surface area contributed by atoms with Gasteiger partial charge in [0.1, 0.15) is 0 Å². The molecule has 1 unspecified atom stereocenters. The molecule has 0 amide bonds. The van der Waals surface area contributed by atoms with E-state index in [1.807, 2.05) is 0 Å². The monoisotopic (exact) mass is 323 g/mol. The van der Waals surface area contributed by atoms with Crippen molar-refractivity contribution in [2.75, 3.05) is 0 Å². The maximum atomic E-state index is 12.6. The molecule has 0 aliphatic rings. The number of hydrogen-bond donors (Lipinski definition) is 0. The Kier molecular flexibility index (Phi) is 4.59. The smallest absolute Gasteiger partial charge is 0.194 e. The Morgan fingerprint density at radius 3 is 2.00 bits per heavy atom. The first-order chi connectivity index (χ1) is 7.96. The zero-order valence-electron chi connectivity index (χ0n) is 11.3. The van der Waals surface area contributed by atoms with Crippen LogP contribution in [0.1, 0.15) is 20.8 Å². The normalized spacial score (nSPS) is 16.2. The molecule has 2 nitrogen and oxygen atoms in total. The average molecular weight is 324 g/mol. The molecule has 0 N–H and O–H groups in total. The number of nitrogens with zero attached hydrogens (tertiary/aromatic N) is 1. The first-order valence-electron chi connectivity index (χ1n) is 5.69. The summed E-state index contributed by atoms with van der Waals surface area (Å²) in [5.74, 6) is 0. The maximum absolute atomic E-state index is 12.6. The fourth-order valence-electron chi connectivity index (χ4n) is 1.09. The predicted octanol–water partition coefficient (Wildman–Crippen LogP) is 5.33. The van der Waals surface area contributed by atoms with Crippen LogP contribution in [0.25, 0.3) is 0 Å². The second-order valence-corrected chi connectivity index (χ2v) is 14.2. The van der Waals surface area contributed by atoms with Crippen molar-refractivity contribution in [2.24, 2.45) is 4.03 Å². The molecule has 0 radical (unpaired) electrons. The van der Waals surface area contributed by atoms with Gasteiger partial charge in [-0.15, -0.1) is 0 Å². The van der Waals surface area contributed by atoms with Crippen LogP contribution in [0.3, 0.4) is 0 Å². The third kappa shape index (κ3) is 3.73. The van der Waals surface area contributed by atoms with Crippen molar-refractivity contribution in [3.63, 3.8) is 0 Å². The van der Waals surface area contributed by atoms with Crippen LogP contribution in [0, 0.1) is 0 Å². The van der Waals surface area contributed by atoms with E-state index in [1.165, 1.54) is 0 Å². The van der Waals surface area contributed by atoms with Gasteiger partial charge >= 0.3 is 0 Å². The molecular formula is C12H19Cl2NOSSi. The highest BCUT2D eigenvalue weighted by Gasteiger charge is 2.37. The van der Waals surface area contributed by atoms with Gasteiger partial charge in [0.15, 0.2) is 17.2 Å². The summed E-state index contributed by atoms with van der Waals surface area (Å²) >= 11 is 5.81. The minimum atomic E-state index is -2.87. The summed E-state index contributed by atoms with van der Waals surface area (Å²) in [6, 6.07) is 6.71. The molecule has 0 aromatic heterocycles. The first kappa shape index (κ1) is 16.0. The van der Waals surface area contributed by atoms with Crippen molar-refractivity contribution in [3.05, 3.63) is 29.3 Å². The standard InChI is InChI=1S/C12H19Cl2NOSSi/c1-12(2,3)18(4,5)15-17(14,16)11-8-6-10(13)7-9-11/h6-9H,1-5H3. The summed E-state index contributed by atoms with van der Waals surface area (Å²) in [6.07, 6.45) is 0. The van der Waals surface area contributed by atoms with E-state index in [0.29, 0.717) is 9.92 Å². The Labute approximate surface area is 120 Å². The van der Waals surface area contributed by atoms with Gasteiger partial charge in [0.25, 0.3) is 0 Å². The zero-order valence-corrected chi connectivity index (χ0v) is 14.7. The van der Waals surface area contributed by atoms with Gasteiger partial charge in [-0.1, -0.05) is 32.4 Å². The van der Waals surface area contributed by atoms with Crippen molar-refractivity contribution in [1.29, 1.82) is 0 Å². The van der Waals surface area contributed by atoms with Crippen LogP contribution in [-0.2, 0) is 8.94 Å². The van der Waals surface area contributed by atoms with Gasteiger partial charge in [-0.2, -0.15) is 0 Å². The van der Waals surface area contributed by atoms with E-state index in [2.05, 4.69) is 37.9 Å². The molecule has 0 heterocycles. The summed E-state index contributed by atoms with van der Waals surface area (Å²) in [7, 11) is 1.24. The van der Waals surface area contributed by atoms with E-state index in [9.17, 15) is 4.21 Å². The lowest BCUT2D eigenvalue weighted by atomic mass is 10.2. The van der Waals surface area contributed by atoms with Gasteiger partial charge in [0.2, 0.25) is 0 Å². The van der Waals surface area contributed by atoms with Crippen LogP contribution < -0.4 is 0 Å². The van der Waals surface area contributed by atoms with Crippen LogP contribution in [0.15, 0.2) is 33.2 Å². The minimum absolute atomic E-state index is 0.0109. The zero-order chi connectivity index (χ0) is 14.2. The molecule has 1 aromatic rings. The summed E-state index contributed by atoms with van der Waals surface area (Å²) < 4.78 is 17.1. The van der Waals surface area contributed by atoms with Crippen molar-refractivity contribution in [2.45, 2.75) is 43.8 Å². The van der Waals surface area contributed by atoms with Crippen LogP contribution in [0.2, 0.25) is 23.2 Å². The topological polar surface area (TPSA) is 29.4 Å². The summed E-state index contributed by atoms with van der Waals surface area (Å²) in [5.41, 5.74) is 0. The highest BCUT2D eigenvalue weighted by molar-refractivity contribution is 8.16. The van der Waals surface area contributed by atoms with Gasteiger partial charge in [0.05, 0.1) is 4.90 Å². The summed E-state index contributed by atoms with van der Waals surface area (Å²) in [4.78, 5) is 0.526. The molecule has 18 heavy (non-hydrogen) atoms. The van der Waals surface area contributed by atoms with Crippen LogP contribution in [0.5, 0.6) is 0 Å². The molecule has 6 heteroatoms. The van der Waals surface area contributed by atoms with E-state index in [4.69, 9.17) is 22.3 Å². The molecule has 102 valence electrons. The second-order valence-electron chi connectivity index (χ2n) is 5.81. The third-order valence-electron chi connectivity index (χ3n) is 3.29. The third-order valence-corrected chi connectivity index (χ3v) is 12.0. The molecule has 0 aliphatic carbocycles. The van der Waals surface area contributed by atoms with E-state index in [1.54, 1.807) is 24.3 Å². The molecule has 0 spiro atoms. The number of hydrogen-bond acceptors (Lipinski definition) is 2. The van der Waals surface area contributed by atoms with Gasteiger partial charge < -0.3 is 0 Å². The lowest BCUT2D eigenvalue weighted by Gasteiger charge is -2.32. The molecule has 1 aromatic carbocycles. The van der Waals surface area contributed by atoms with Gasteiger partial charge in [-0.05, 0) is 42.4 Å². The van der Waals surface area contributed by atoms with Crippen LogP contribution >= 0.6 is 22.3 Å². The van der Waals surface area contributed by atoms with Crippen molar-refractivity contribution < 1.29 is 4.21 Å². The fourth-order valence-corrected chi connectivity index (χ4v) is 7.41. The quantitative estimate of drug-likeness (QED) is 0.534. The number of halogens is 2. The highest BCUT2D eigenvalue weighted by atomic mass is 35.7. The number of benzene rings is 1. The van der Waals surface area contributed by atoms with Crippen molar-refractivity contribution >= 4 is 39.5 Å². The maximum Gasteiger partial charge on any atom is 0.194 e. The Morgan fingerprint density at radius 1 is 1.17 bits per heavy atom. The Bertz CT molecular complexity index is 540. The molecule has 0 fully saturated rings. The summed E-state index contributed by atoms with van der Waals surface area (Å²) in [5, 5.41) is 0.606. The van der Waals surface area contributed by atoms with E-state index < -0.39 is 17.2 Å². The second kappa shape index (κ2) is 5.16. The van der Waals surface area contributed by atoms with Crippen LogP contribution in [0.4, 0.5) is 0 Å². The minimum Gasteiger partial charge on any atom is -0.261 e. The van der Waals surface area contributed by atoms with Crippen molar-refractivity contribution in [3.8, 4) is 0 Å². The van der Waals surface area contributed by atoms with E-state index in [-0.39, 0.29) is 5.04 Å². The first-order valence-corrected chi connectivity index (χ1v) is 11.4. The SMILES string of the molecule is CC(C)(C)[Si](C)(C)N=S(=O)(Cl)c1ccc(Cl)cc1.